The van der Waals surface area contributed by atoms with E-state index in [1.165, 1.54) is 6.26 Å². The summed E-state index contributed by atoms with van der Waals surface area (Å²) < 4.78 is 29.1. The predicted molar refractivity (Wildman–Crippen MR) is 72.4 cm³/mol. The minimum absolute atomic E-state index is 0.236. The Morgan fingerprint density at radius 2 is 1.78 bits per heavy atom. The van der Waals surface area contributed by atoms with Crippen LogP contribution in [0.2, 0.25) is 0 Å². The van der Waals surface area contributed by atoms with Gasteiger partial charge in [0.15, 0.2) is 9.84 Å². The maximum atomic E-state index is 12.1. The monoisotopic (exact) mass is 275 g/mol. The lowest BCUT2D eigenvalue weighted by Gasteiger charge is -2.57. The average Bonchev–Trinajstić information content (AvgIpc) is 2.22. The average molecular weight is 275 g/mol. The number of rotatable bonds is 4. The Morgan fingerprint density at radius 1 is 1.22 bits per heavy atom. The molecule has 0 amide bonds. The minimum atomic E-state index is -3.00. The van der Waals surface area contributed by atoms with Crippen LogP contribution in [0.1, 0.15) is 39.5 Å². The van der Waals surface area contributed by atoms with Crippen LogP contribution in [0.5, 0.6) is 0 Å². The van der Waals surface area contributed by atoms with E-state index in [4.69, 9.17) is 4.74 Å². The second-order valence-electron chi connectivity index (χ2n) is 6.46. The molecule has 1 heterocycles. The van der Waals surface area contributed by atoms with Crippen molar-refractivity contribution in [2.75, 3.05) is 26.0 Å². The first-order valence-corrected chi connectivity index (χ1v) is 8.69. The van der Waals surface area contributed by atoms with Gasteiger partial charge < -0.3 is 10.1 Å². The molecule has 2 rings (SSSR count). The summed E-state index contributed by atoms with van der Waals surface area (Å²) >= 11 is 0. The number of hydrogen-bond donors (Lipinski definition) is 1. The van der Waals surface area contributed by atoms with Gasteiger partial charge in [-0.15, -0.1) is 0 Å². The number of hydrogen-bond acceptors (Lipinski definition) is 4. The first-order chi connectivity index (χ1) is 8.29. The molecule has 1 saturated heterocycles. The third-order valence-electron chi connectivity index (χ3n) is 4.57. The quantitative estimate of drug-likeness (QED) is 0.841. The number of ether oxygens (including phenoxy) is 1. The highest BCUT2D eigenvalue weighted by atomic mass is 32.2. The third-order valence-corrected chi connectivity index (χ3v) is 6.57. The molecule has 18 heavy (non-hydrogen) atoms. The van der Waals surface area contributed by atoms with Gasteiger partial charge in [0.25, 0.3) is 0 Å². The highest BCUT2D eigenvalue weighted by Gasteiger charge is 2.59. The Kier molecular flexibility index (Phi) is 3.78. The fourth-order valence-electron chi connectivity index (χ4n) is 3.38. The maximum absolute atomic E-state index is 12.1. The van der Waals surface area contributed by atoms with Crippen LogP contribution in [-0.2, 0) is 14.6 Å². The molecule has 1 saturated carbocycles. The highest BCUT2D eigenvalue weighted by molar-refractivity contribution is 7.92. The molecule has 5 heteroatoms. The lowest BCUT2D eigenvalue weighted by molar-refractivity contribution is -0.0491. The summed E-state index contributed by atoms with van der Waals surface area (Å²) in [6.45, 7) is 6.28. The van der Waals surface area contributed by atoms with Crippen molar-refractivity contribution >= 4 is 9.84 Å². The van der Waals surface area contributed by atoms with Crippen LogP contribution in [0.15, 0.2) is 0 Å². The largest absolute Gasteiger partial charge is 0.381 e. The summed E-state index contributed by atoms with van der Waals surface area (Å²) in [5.41, 5.74) is 0.236. The first-order valence-electron chi connectivity index (χ1n) is 6.79. The summed E-state index contributed by atoms with van der Waals surface area (Å²) in [5, 5.41) is 3.31. The minimum Gasteiger partial charge on any atom is -0.381 e. The number of sulfone groups is 1. The molecule has 106 valence electrons. The van der Waals surface area contributed by atoms with Gasteiger partial charge in [-0.05, 0) is 31.1 Å². The topological polar surface area (TPSA) is 55.4 Å². The third kappa shape index (κ3) is 2.58. The van der Waals surface area contributed by atoms with E-state index < -0.39 is 14.6 Å². The smallest absolute Gasteiger partial charge is 0.154 e. The van der Waals surface area contributed by atoms with Crippen LogP contribution in [-0.4, -0.2) is 45.2 Å². The van der Waals surface area contributed by atoms with Crippen molar-refractivity contribution in [2.45, 2.75) is 50.3 Å². The molecule has 1 aliphatic heterocycles. The zero-order chi connectivity index (χ0) is 13.4. The van der Waals surface area contributed by atoms with Crippen LogP contribution < -0.4 is 5.32 Å². The van der Waals surface area contributed by atoms with Crippen molar-refractivity contribution in [3.8, 4) is 0 Å². The molecule has 1 aliphatic carbocycles. The van der Waals surface area contributed by atoms with Crippen molar-refractivity contribution in [3.63, 3.8) is 0 Å². The van der Waals surface area contributed by atoms with Gasteiger partial charge in [0.05, 0.1) is 4.75 Å². The van der Waals surface area contributed by atoms with Crippen LogP contribution >= 0.6 is 0 Å². The van der Waals surface area contributed by atoms with Crippen LogP contribution in [0.4, 0.5) is 0 Å². The van der Waals surface area contributed by atoms with Crippen molar-refractivity contribution in [1.82, 2.24) is 5.32 Å². The molecule has 2 fully saturated rings. The molecular weight excluding hydrogens is 250 g/mol. The number of nitrogens with one attached hydrogen (secondary N) is 1. The van der Waals surface area contributed by atoms with Gasteiger partial charge in [0, 0.05) is 32.1 Å². The molecule has 0 unspecified atom stereocenters. The summed E-state index contributed by atoms with van der Waals surface area (Å²) in [7, 11) is -3.00. The molecule has 2 aliphatic rings. The second kappa shape index (κ2) is 4.76. The summed E-state index contributed by atoms with van der Waals surface area (Å²) in [4.78, 5) is 0. The van der Waals surface area contributed by atoms with Crippen molar-refractivity contribution in [1.29, 1.82) is 0 Å². The van der Waals surface area contributed by atoms with Crippen LogP contribution in [0, 0.1) is 5.41 Å². The Morgan fingerprint density at radius 3 is 2.22 bits per heavy atom. The molecule has 0 bridgehead atoms. The lowest BCUT2D eigenvalue weighted by atomic mass is 9.57. The molecule has 0 aromatic carbocycles. The van der Waals surface area contributed by atoms with Crippen molar-refractivity contribution in [3.05, 3.63) is 0 Å². The maximum Gasteiger partial charge on any atom is 0.154 e. The van der Waals surface area contributed by atoms with Gasteiger partial charge in [0.1, 0.15) is 0 Å². The summed E-state index contributed by atoms with van der Waals surface area (Å²) in [6, 6.07) is 0.329. The van der Waals surface area contributed by atoms with Crippen molar-refractivity contribution in [2.24, 2.45) is 5.41 Å². The zero-order valence-electron chi connectivity index (χ0n) is 11.7. The predicted octanol–water partition coefficient (Wildman–Crippen LogP) is 1.36. The molecule has 0 atom stereocenters. The van der Waals surface area contributed by atoms with E-state index in [9.17, 15) is 8.42 Å². The summed E-state index contributed by atoms with van der Waals surface area (Å²) in [6.07, 6.45) is 5.04. The van der Waals surface area contributed by atoms with E-state index in [1.807, 2.05) is 0 Å². The van der Waals surface area contributed by atoms with Gasteiger partial charge >= 0.3 is 0 Å². The Balaban J connectivity index is 2.07. The van der Waals surface area contributed by atoms with Gasteiger partial charge in [-0.2, -0.15) is 0 Å². The van der Waals surface area contributed by atoms with Crippen LogP contribution in [0.25, 0.3) is 0 Å². The van der Waals surface area contributed by atoms with E-state index in [-0.39, 0.29) is 5.41 Å². The summed E-state index contributed by atoms with van der Waals surface area (Å²) in [5.74, 6) is 0. The Labute approximate surface area is 110 Å². The van der Waals surface area contributed by atoms with E-state index in [1.54, 1.807) is 0 Å². The molecule has 0 radical (unpaired) electrons. The van der Waals surface area contributed by atoms with E-state index >= 15 is 0 Å². The fraction of sp³-hybridized carbons (Fsp3) is 1.00. The van der Waals surface area contributed by atoms with E-state index in [0.717, 1.165) is 38.9 Å². The molecule has 4 nitrogen and oxygen atoms in total. The second-order valence-corrected chi connectivity index (χ2v) is 8.87. The van der Waals surface area contributed by atoms with E-state index in [0.29, 0.717) is 12.6 Å². The van der Waals surface area contributed by atoms with Crippen molar-refractivity contribution < 1.29 is 13.2 Å². The standard InChI is InChI=1S/C13H25NO3S/c1-11(2)14-10-13(18(3,15)16)8-12(9-13)4-6-17-7-5-12/h11,14H,4-10H2,1-3H3. The molecule has 0 aromatic rings. The molecule has 1 N–H and O–H groups in total. The molecule has 0 aromatic heterocycles. The fourth-order valence-corrected chi connectivity index (χ4v) is 4.86. The Hall–Kier alpha value is -0.130. The zero-order valence-corrected chi connectivity index (χ0v) is 12.5. The van der Waals surface area contributed by atoms with Gasteiger partial charge in [-0.25, -0.2) is 8.42 Å². The molecule has 1 spiro atoms. The first kappa shape index (κ1) is 14.3. The van der Waals surface area contributed by atoms with Gasteiger partial charge in [0.2, 0.25) is 0 Å². The molecular formula is C13H25NO3S. The Bertz CT molecular complexity index is 388. The van der Waals surface area contributed by atoms with Crippen LogP contribution in [0.3, 0.4) is 0 Å². The normalized spacial score (nSPS) is 26.2. The van der Waals surface area contributed by atoms with E-state index in [2.05, 4.69) is 19.2 Å². The lowest BCUT2D eigenvalue weighted by Crippen LogP contribution is -2.62. The SMILES string of the molecule is CC(C)NCC1(S(C)(=O)=O)CC2(CCOCC2)C1. The van der Waals surface area contributed by atoms with Gasteiger partial charge in [-0.3, -0.25) is 0 Å². The highest BCUT2D eigenvalue weighted by Crippen LogP contribution is 2.57. The van der Waals surface area contributed by atoms with Gasteiger partial charge in [-0.1, -0.05) is 13.8 Å².